The van der Waals surface area contributed by atoms with Gasteiger partial charge in [0.2, 0.25) is 0 Å². The first-order valence-corrected chi connectivity index (χ1v) is 21.4. The van der Waals surface area contributed by atoms with E-state index in [0.29, 0.717) is 14.6 Å². The van der Waals surface area contributed by atoms with Crippen LogP contribution in [0.3, 0.4) is 0 Å². The molecular formula is C43H28F6N2S5. The Morgan fingerprint density at radius 2 is 0.875 bits per heavy atom. The van der Waals surface area contributed by atoms with Crippen LogP contribution in [0.2, 0.25) is 0 Å². The molecule has 9 rings (SSSR count). The highest BCUT2D eigenvalue weighted by Gasteiger charge is 2.80. The lowest BCUT2D eigenvalue weighted by atomic mass is 9.95. The van der Waals surface area contributed by atoms with Crippen molar-refractivity contribution in [2.24, 2.45) is 0 Å². The lowest BCUT2D eigenvalue weighted by molar-refractivity contribution is -0.254. The van der Waals surface area contributed by atoms with Gasteiger partial charge < -0.3 is 0 Å². The smallest absolute Gasteiger partial charge is 0.194 e. The number of allylic oxidation sites excluding steroid dienone is 2. The third kappa shape index (κ3) is 5.76. The van der Waals surface area contributed by atoms with Crippen molar-refractivity contribution in [3.05, 3.63) is 128 Å². The Kier molecular flexibility index (Phi) is 8.86. The van der Waals surface area contributed by atoms with Gasteiger partial charge >= 0.3 is 17.8 Å². The number of fused-ring (bicyclic) bond motifs is 1. The molecule has 5 aromatic heterocycles. The van der Waals surface area contributed by atoms with Crippen LogP contribution in [-0.2, 0) is 0 Å². The number of benzene rings is 3. The lowest BCUT2D eigenvalue weighted by Crippen LogP contribution is -2.48. The minimum absolute atomic E-state index is 0.248. The topological polar surface area (TPSA) is 25.8 Å². The molecule has 282 valence electrons. The van der Waals surface area contributed by atoms with Crippen molar-refractivity contribution in [1.29, 1.82) is 0 Å². The second-order valence-electron chi connectivity index (χ2n) is 13.8. The van der Waals surface area contributed by atoms with Gasteiger partial charge in [0.05, 0.1) is 11.7 Å². The quantitative estimate of drug-likeness (QED) is 0.149. The molecule has 0 spiro atoms. The molecule has 2 nitrogen and oxygen atoms in total. The molecule has 13 heteroatoms. The van der Waals surface area contributed by atoms with E-state index in [9.17, 15) is 0 Å². The average Bonchev–Trinajstić information content (AvgIpc) is 4.02. The largest absolute Gasteiger partial charge is 0.380 e. The fourth-order valence-electron chi connectivity index (χ4n) is 7.21. The molecule has 0 atom stereocenters. The average molecular weight is 847 g/mol. The molecule has 0 radical (unpaired) electrons. The number of nitrogens with zero attached hydrogens (tertiary/aromatic N) is 2. The normalized spacial score (nSPS) is 16.0. The Hall–Kier alpha value is -4.40. The van der Waals surface area contributed by atoms with Crippen LogP contribution in [0, 0.1) is 27.7 Å². The molecule has 5 heterocycles. The van der Waals surface area contributed by atoms with Gasteiger partial charge in [-0.2, -0.15) is 35.1 Å². The first-order valence-electron chi connectivity index (χ1n) is 17.4. The van der Waals surface area contributed by atoms with Crippen molar-refractivity contribution in [3.63, 3.8) is 0 Å². The number of halogens is 6. The van der Waals surface area contributed by atoms with Crippen molar-refractivity contribution in [2.45, 2.75) is 45.5 Å². The van der Waals surface area contributed by atoms with E-state index in [4.69, 9.17) is 0 Å². The fourth-order valence-corrected chi connectivity index (χ4v) is 11.9. The van der Waals surface area contributed by atoms with E-state index >= 15 is 26.3 Å². The summed E-state index contributed by atoms with van der Waals surface area (Å²) in [7, 11) is 0. The molecule has 0 bridgehead atoms. The van der Waals surface area contributed by atoms with Crippen LogP contribution >= 0.6 is 57.1 Å². The number of hydrogen-bond acceptors (Lipinski definition) is 7. The molecule has 8 aromatic rings. The Labute approximate surface area is 338 Å². The summed E-state index contributed by atoms with van der Waals surface area (Å²) in [5.41, 5.74) is 4.54. The van der Waals surface area contributed by atoms with Gasteiger partial charge in [0.1, 0.15) is 11.0 Å². The number of alkyl halides is 6. The summed E-state index contributed by atoms with van der Waals surface area (Å²) in [4.78, 5) is 4.92. The molecule has 0 saturated carbocycles. The van der Waals surface area contributed by atoms with E-state index in [1.54, 1.807) is 0 Å². The van der Waals surface area contributed by atoms with Crippen molar-refractivity contribution >= 4 is 79.3 Å². The summed E-state index contributed by atoms with van der Waals surface area (Å²) in [5, 5.41) is 0. The number of aryl methyl sites for hydroxylation is 4. The molecule has 1 aliphatic rings. The number of aromatic nitrogens is 2. The summed E-state index contributed by atoms with van der Waals surface area (Å²) in [6, 6.07) is 30.5. The minimum Gasteiger partial charge on any atom is -0.194 e. The van der Waals surface area contributed by atoms with Crippen molar-refractivity contribution in [3.8, 4) is 52.2 Å². The Bertz CT molecular complexity index is 2830. The van der Waals surface area contributed by atoms with Gasteiger partial charge in [0.15, 0.2) is 0 Å². The maximum Gasteiger partial charge on any atom is 0.380 e. The van der Waals surface area contributed by atoms with E-state index in [-0.39, 0.29) is 20.9 Å². The van der Waals surface area contributed by atoms with Crippen LogP contribution in [0.4, 0.5) is 26.3 Å². The number of hydrogen-bond donors (Lipinski definition) is 0. The predicted molar refractivity (Wildman–Crippen MR) is 223 cm³/mol. The summed E-state index contributed by atoms with van der Waals surface area (Å²) in [6.07, 6.45) is 0. The maximum atomic E-state index is 15.8. The van der Waals surface area contributed by atoms with Gasteiger partial charge in [-0.05, 0) is 91.9 Å². The molecule has 56 heavy (non-hydrogen) atoms. The monoisotopic (exact) mass is 846 g/mol. The summed E-state index contributed by atoms with van der Waals surface area (Å²) in [5.74, 6) is -15.9. The first kappa shape index (κ1) is 37.2. The van der Waals surface area contributed by atoms with Gasteiger partial charge in [-0.15, -0.1) is 45.3 Å². The third-order valence-electron chi connectivity index (χ3n) is 10.1. The van der Waals surface area contributed by atoms with E-state index in [1.807, 2.05) is 62.4 Å². The summed E-state index contributed by atoms with van der Waals surface area (Å²) >= 11 is 6.23. The molecule has 0 unspecified atom stereocenters. The molecular weight excluding hydrogens is 819 g/mol. The van der Waals surface area contributed by atoms with Crippen LogP contribution in [0.25, 0.3) is 74.4 Å². The van der Waals surface area contributed by atoms with Crippen LogP contribution in [0.1, 0.15) is 31.3 Å². The highest BCUT2D eigenvalue weighted by atomic mass is 32.1. The van der Waals surface area contributed by atoms with E-state index in [1.165, 1.54) is 65.9 Å². The van der Waals surface area contributed by atoms with Crippen LogP contribution in [0.5, 0.6) is 0 Å². The van der Waals surface area contributed by atoms with Gasteiger partial charge in [-0.25, -0.2) is 0 Å². The van der Waals surface area contributed by atoms with Gasteiger partial charge in [-0.3, -0.25) is 0 Å². The van der Waals surface area contributed by atoms with Crippen LogP contribution in [-0.4, -0.2) is 26.5 Å². The SMILES string of the molecule is Cc1ccc(-c2ccc(-c3ccc(-c4ccc(-c5cc(C6=C(c7cc(-c8ccc(C)s8)sc7C)C(F)(F)C(F)(F)C6(F)F)c(C)s5)s4)cc3)c3nsnc23)cc1. The van der Waals surface area contributed by atoms with Crippen LogP contribution in [0.15, 0.2) is 97.1 Å². The van der Waals surface area contributed by atoms with E-state index in [0.717, 1.165) is 76.2 Å². The van der Waals surface area contributed by atoms with Crippen molar-refractivity contribution in [1.82, 2.24) is 8.75 Å². The Morgan fingerprint density at radius 1 is 0.429 bits per heavy atom. The standard InChI is InChI=1S/C43H28F6N2S5/c1-21-5-8-25(9-6-21)28-14-15-29(40-39(28)50-56-51-40)26-10-12-27(13-11-26)32-17-18-34(55-32)36-20-31(24(4)54-36)38-37(41(44,45)43(48,49)42(38,46)47)30-19-35(53-23(30)3)33-16-7-22(2)52-33/h5-20H,1-4H3. The van der Waals surface area contributed by atoms with E-state index < -0.39 is 28.9 Å². The zero-order valence-corrected chi connectivity index (χ0v) is 34.0. The zero-order valence-electron chi connectivity index (χ0n) is 29.9. The third-order valence-corrected chi connectivity index (χ3v) is 15.3. The molecule has 0 amide bonds. The molecule has 3 aromatic carbocycles. The number of rotatable bonds is 7. The predicted octanol–water partition coefficient (Wildman–Crippen LogP) is 15.3. The Balaban J connectivity index is 1.05. The highest BCUT2D eigenvalue weighted by Crippen LogP contribution is 2.66. The minimum atomic E-state index is -5.62. The molecule has 0 N–H and O–H groups in total. The Morgan fingerprint density at radius 3 is 1.38 bits per heavy atom. The lowest BCUT2D eigenvalue weighted by Gasteiger charge is -2.25. The summed E-state index contributed by atoms with van der Waals surface area (Å²) < 4.78 is 103. The highest BCUT2D eigenvalue weighted by molar-refractivity contribution is 7.24. The fraction of sp³-hybridized carbons (Fsp3) is 0.163. The van der Waals surface area contributed by atoms with Crippen molar-refractivity contribution < 1.29 is 26.3 Å². The molecule has 0 aliphatic heterocycles. The first-order chi connectivity index (χ1) is 26.7. The van der Waals surface area contributed by atoms with Crippen molar-refractivity contribution in [2.75, 3.05) is 0 Å². The molecule has 0 fully saturated rings. The van der Waals surface area contributed by atoms with Crippen LogP contribution < -0.4 is 0 Å². The second kappa shape index (κ2) is 13.3. The maximum absolute atomic E-state index is 15.8. The number of thiophene rings is 4. The zero-order chi connectivity index (χ0) is 39.3. The van der Waals surface area contributed by atoms with E-state index in [2.05, 4.69) is 45.1 Å². The second-order valence-corrected chi connectivity index (χ2v) is 19.2. The van der Waals surface area contributed by atoms with Gasteiger partial charge in [-0.1, -0.05) is 66.2 Å². The molecule has 0 saturated heterocycles. The molecule has 1 aliphatic carbocycles. The van der Waals surface area contributed by atoms with Gasteiger partial charge in [0, 0.05) is 61.3 Å². The van der Waals surface area contributed by atoms with Gasteiger partial charge in [0.25, 0.3) is 0 Å². The summed E-state index contributed by atoms with van der Waals surface area (Å²) in [6.45, 7) is 6.95.